The minimum atomic E-state index is -0.500. The van der Waals surface area contributed by atoms with Crippen molar-refractivity contribution in [3.8, 4) is 0 Å². The van der Waals surface area contributed by atoms with Gasteiger partial charge in [-0.25, -0.2) is 0 Å². The summed E-state index contributed by atoms with van der Waals surface area (Å²) in [6.45, 7) is 7.66. The van der Waals surface area contributed by atoms with Gasteiger partial charge in [-0.05, 0) is 57.2 Å². The van der Waals surface area contributed by atoms with Gasteiger partial charge < -0.3 is 20.5 Å². The van der Waals surface area contributed by atoms with Crippen LogP contribution in [0.15, 0.2) is 30.3 Å². The monoisotopic (exact) mass is 370 g/mol. The Labute approximate surface area is 154 Å². The molecule has 0 amide bonds. The van der Waals surface area contributed by atoms with E-state index in [0.29, 0.717) is 18.2 Å². The highest BCUT2D eigenvalue weighted by atomic mass is 32.1. The normalized spacial score (nSPS) is 10.8. The number of aliphatic hydroxyl groups is 1. The third-order valence-electron chi connectivity index (χ3n) is 3.33. The van der Waals surface area contributed by atoms with Crippen LogP contribution in [0.4, 0.5) is 0 Å². The Hall–Kier alpha value is -1.73. The molecule has 0 heterocycles. The number of aliphatic hydroxyl groups excluding tert-OH is 1. The number of ketones is 1. The van der Waals surface area contributed by atoms with E-state index in [0.717, 1.165) is 18.7 Å². The van der Waals surface area contributed by atoms with Gasteiger partial charge in [0.15, 0.2) is 0 Å². The van der Waals surface area contributed by atoms with Crippen LogP contribution >= 0.6 is 24.4 Å². The first-order valence-corrected chi connectivity index (χ1v) is 8.57. The lowest BCUT2D eigenvalue weighted by Gasteiger charge is -2.23. The third-order valence-corrected chi connectivity index (χ3v) is 3.71. The maximum Gasteiger partial charge on any atom is 0.259 e. The lowest BCUT2D eigenvalue weighted by atomic mass is 9.97. The maximum absolute atomic E-state index is 11.7. The summed E-state index contributed by atoms with van der Waals surface area (Å²) >= 11 is 9.11. The number of Topliss-reactive ketones (excluding diaryl/α,β-unsaturated/α-hetero) is 1. The van der Waals surface area contributed by atoms with Gasteiger partial charge in [0.05, 0.1) is 5.92 Å². The summed E-state index contributed by atoms with van der Waals surface area (Å²) in [7, 11) is 0. The number of hydrogen-bond acceptors (Lipinski definition) is 4. The van der Waals surface area contributed by atoms with E-state index in [-0.39, 0.29) is 11.7 Å². The van der Waals surface area contributed by atoms with Gasteiger partial charge in [0.1, 0.15) is 12.4 Å². The first kappa shape index (κ1) is 22.3. The molecule has 5 nitrogen and oxygen atoms in total. The number of thiocarbonyl (C=S) groups is 2. The summed E-state index contributed by atoms with van der Waals surface area (Å²) in [5, 5.41) is 7.55. The quantitative estimate of drug-likeness (QED) is 0.715. The van der Waals surface area contributed by atoms with Crippen LogP contribution in [0.25, 0.3) is 0 Å². The van der Waals surface area contributed by atoms with E-state index < -0.39 is 5.17 Å². The topological polar surface area (TPSA) is 75.8 Å². The molecular formula is C17H26N2O3S2. The molecule has 3 N–H and O–H groups in total. The van der Waals surface area contributed by atoms with Gasteiger partial charge in [-0.1, -0.05) is 30.3 Å². The molecule has 1 aromatic carbocycles. The first-order chi connectivity index (χ1) is 11.3. The molecule has 0 saturated heterocycles. The zero-order valence-corrected chi connectivity index (χ0v) is 16.0. The van der Waals surface area contributed by atoms with E-state index in [1.54, 1.807) is 6.92 Å². The van der Waals surface area contributed by atoms with Gasteiger partial charge in [0.2, 0.25) is 0 Å². The molecule has 24 heavy (non-hydrogen) atoms. The van der Waals surface area contributed by atoms with Crippen LogP contribution < -0.4 is 5.73 Å². The molecule has 0 bridgehead atoms. The Morgan fingerprint density at radius 2 is 1.75 bits per heavy atom. The second-order valence-corrected chi connectivity index (χ2v) is 5.85. The van der Waals surface area contributed by atoms with E-state index in [1.807, 2.05) is 49.1 Å². The van der Waals surface area contributed by atoms with Crippen molar-refractivity contribution in [2.45, 2.75) is 27.2 Å². The fraction of sp³-hybridized carbons (Fsp3) is 0.471. The Morgan fingerprint density at radius 3 is 2.17 bits per heavy atom. The molecule has 0 spiro atoms. The zero-order valence-electron chi connectivity index (χ0n) is 14.4. The van der Waals surface area contributed by atoms with E-state index >= 15 is 0 Å². The van der Waals surface area contributed by atoms with Crippen molar-refractivity contribution >= 4 is 40.6 Å². The number of carbonyl (C=O) groups excluding carboxylic acids is 1. The second-order valence-electron chi connectivity index (χ2n) is 5.08. The summed E-state index contributed by atoms with van der Waals surface area (Å²) in [6, 6.07) is 9.98. The highest BCUT2D eigenvalue weighted by molar-refractivity contribution is 7.80. The summed E-state index contributed by atoms with van der Waals surface area (Å²) in [5.74, 6) is -0.0119. The van der Waals surface area contributed by atoms with Crippen molar-refractivity contribution in [1.82, 2.24) is 4.90 Å². The third kappa shape index (κ3) is 10.1. The molecule has 0 aliphatic heterocycles. The van der Waals surface area contributed by atoms with Crippen LogP contribution in [0.1, 0.15) is 26.3 Å². The number of nitrogens with zero attached hydrogens (tertiary/aromatic N) is 1. The molecule has 0 radical (unpaired) electrons. The molecular weight excluding hydrogens is 344 g/mol. The number of ether oxygens (including phenoxy) is 1. The number of benzene rings is 1. The molecule has 134 valence electrons. The zero-order chi connectivity index (χ0) is 18.5. The fourth-order valence-electron chi connectivity index (χ4n) is 1.96. The van der Waals surface area contributed by atoms with Crippen LogP contribution in [0.5, 0.6) is 0 Å². The molecule has 1 atom stereocenters. The average Bonchev–Trinajstić information content (AvgIpc) is 2.52. The van der Waals surface area contributed by atoms with Crippen LogP contribution in [-0.2, 0) is 16.0 Å². The SMILES string of the molecule is CCN(CC)C(=S)OCC(Cc1ccccc1)C(C)=O.NC(O)=S. The van der Waals surface area contributed by atoms with E-state index in [1.165, 1.54) is 0 Å². The van der Waals surface area contributed by atoms with Gasteiger partial charge in [-0.15, -0.1) is 0 Å². The van der Waals surface area contributed by atoms with E-state index in [9.17, 15) is 4.79 Å². The van der Waals surface area contributed by atoms with Crippen LogP contribution in [-0.4, -0.2) is 45.8 Å². The molecule has 1 rings (SSSR count). The van der Waals surface area contributed by atoms with Crippen molar-refractivity contribution in [3.05, 3.63) is 35.9 Å². The van der Waals surface area contributed by atoms with Crippen molar-refractivity contribution in [2.24, 2.45) is 11.7 Å². The molecule has 0 aliphatic rings. The predicted molar refractivity (Wildman–Crippen MR) is 105 cm³/mol. The number of nitrogens with two attached hydrogens (primary N) is 1. The number of rotatable bonds is 7. The maximum atomic E-state index is 11.7. The number of hydrogen-bond donors (Lipinski definition) is 2. The Bertz CT molecular complexity index is 516. The predicted octanol–water partition coefficient (Wildman–Crippen LogP) is 2.87. The molecule has 1 unspecified atom stereocenters. The molecule has 0 fully saturated rings. The van der Waals surface area contributed by atoms with Gasteiger partial charge in [-0.2, -0.15) is 0 Å². The largest absolute Gasteiger partial charge is 0.487 e. The summed E-state index contributed by atoms with van der Waals surface area (Å²) < 4.78 is 5.62. The van der Waals surface area contributed by atoms with Gasteiger partial charge in [0.25, 0.3) is 10.3 Å². The minimum Gasteiger partial charge on any atom is -0.487 e. The van der Waals surface area contributed by atoms with E-state index in [4.69, 9.17) is 22.1 Å². The van der Waals surface area contributed by atoms with Crippen LogP contribution in [0.3, 0.4) is 0 Å². The Morgan fingerprint density at radius 1 is 1.25 bits per heavy atom. The highest BCUT2D eigenvalue weighted by Gasteiger charge is 2.17. The van der Waals surface area contributed by atoms with Gasteiger partial charge in [0, 0.05) is 13.1 Å². The highest BCUT2D eigenvalue weighted by Crippen LogP contribution is 2.11. The average molecular weight is 371 g/mol. The first-order valence-electron chi connectivity index (χ1n) is 7.76. The minimum absolute atomic E-state index is 0.135. The second kappa shape index (κ2) is 12.7. The smallest absolute Gasteiger partial charge is 0.259 e. The Balaban J connectivity index is 0.00000118. The van der Waals surface area contributed by atoms with Crippen molar-refractivity contribution in [2.75, 3.05) is 19.7 Å². The molecule has 1 aromatic rings. The van der Waals surface area contributed by atoms with Crippen LogP contribution in [0.2, 0.25) is 0 Å². The van der Waals surface area contributed by atoms with E-state index in [2.05, 4.69) is 18.0 Å². The van der Waals surface area contributed by atoms with Crippen molar-refractivity contribution in [3.63, 3.8) is 0 Å². The molecule has 0 aromatic heterocycles. The summed E-state index contributed by atoms with van der Waals surface area (Å²) in [5.41, 5.74) is 5.54. The van der Waals surface area contributed by atoms with Crippen molar-refractivity contribution in [1.29, 1.82) is 0 Å². The standard InChI is InChI=1S/C16H23NO2S.CH3NOS/c1-4-17(5-2)16(20)19-12-15(13(3)18)11-14-9-7-6-8-10-14;2-1(3)4/h6-10,15H,4-5,11-12H2,1-3H3;(H3,2,3,4). The fourth-order valence-corrected chi connectivity index (χ4v) is 2.29. The van der Waals surface area contributed by atoms with Gasteiger partial charge >= 0.3 is 0 Å². The molecule has 7 heteroatoms. The van der Waals surface area contributed by atoms with Gasteiger partial charge in [-0.3, -0.25) is 4.79 Å². The Kier molecular flexibility index (Phi) is 11.8. The molecule has 0 aliphatic carbocycles. The summed E-state index contributed by atoms with van der Waals surface area (Å²) in [6.07, 6.45) is 0.692. The molecule has 0 saturated carbocycles. The lowest BCUT2D eigenvalue weighted by molar-refractivity contribution is -0.121. The van der Waals surface area contributed by atoms with Crippen molar-refractivity contribution < 1.29 is 14.6 Å². The number of carbonyl (C=O) groups is 1. The van der Waals surface area contributed by atoms with Crippen LogP contribution in [0, 0.1) is 5.92 Å². The summed E-state index contributed by atoms with van der Waals surface area (Å²) in [4.78, 5) is 13.7. The lowest BCUT2D eigenvalue weighted by Crippen LogP contribution is -2.33.